The van der Waals surface area contributed by atoms with E-state index in [0.717, 1.165) is 47.1 Å². The van der Waals surface area contributed by atoms with Gasteiger partial charge in [-0.3, -0.25) is 4.98 Å². The first-order chi connectivity index (χ1) is 13.2. The molecular weight excluding hydrogens is 336 g/mol. The molecule has 0 saturated heterocycles. The number of H-pyrrole nitrogens is 1. The number of hydrogen-bond acceptors (Lipinski definition) is 3. The fourth-order valence-corrected chi connectivity index (χ4v) is 3.49. The van der Waals surface area contributed by atoms with Gasteiger partial charge in [-0.2, -0.15) is 4.40 Å². The summed E-state index contributed by atoms with van der Waals surface area (Å²) in [6.45, 7) is 6.03. The molecule has 3 aromatic heterocycles. The number of nitrogens with one attached hydrogen (secondary N) is 1. The Morgan fingerprint density at radius 3 is 2.56 bits per heavy atom. The molecule has 27 heavy (non-hydrogen) atoms. The maximum absolute atomic E-state index is 10.7. The molecule has 4 aromatic rings. The molecule has 0 spiro atoms. The number of aromatic amines is 1. The summed E-state index contributed by atoms with van der Waals surface area (Å²) in [7, 11) is 0. The Bertz CT molecular complexity index is 1070. The summed E-state index contributed by atoms with van der Waals surface area (Å²) >= 11 is 0. The van der Waals surface area contributed by atoms with Gasteiger partial charge in [0.1, 0.15) is 17.0 Å². The number of aromatic hydroxyl groups is 1. The summed E-state index contributed by atoms with van der Waals surface area (Å²) in [5, 5.41) is 10.7. The zero-order valence-electron chi connectivity index (χ0n) is 15.6. The minimum atomic E-state index is 0.256. The molecule has 0 aliphatic rings. The van der Waals surface area contributed by atoms with Crippen molar-refractivity contribution in [2.75, 3.05) is 18.0 Å². The van der Waals surface area contributed by atoms with Gasteiger partial charge < -0.3 is 10.0 Å². The van der Waals surface area contributed by atoms with E-state index in [4.69, 9.17) is 0 Å². The number of rotatable bonds is 5. The number of nitrogens with zero attached hydrogens (tertiary/aromatic N) is 3. The van der Waals surface area contributed by atoms with Crippen LogP contribution in [0.25, 0.3) is 28.3 Å². The lowest BCUT2D eigenvalue weighted by molar-refractivity contribution is -0.498. The van der Waals surface area contributed by atoms with Gasteiger partial charge in [-0.25, -0.2) is 4.98 Å². The summed E-state index contributed by atoms with van der Waals surface area (Å²) < 4.78 is 2.05. The number of benzene rings is 1. The Hall–Kier alpha value is -3.34. The van der Waals surface area contributed by atoms with Crippen molar-refractivity contribution in [3.63, 3.8) is 0 Å². The van der Waals surface area contributed by atoms with E-state index >= 15 is 0 Å². The topological polar surface area (TPSA) is 56.2 Å². The van der Waals surface area contributed by atoms with Crippen LogP contribution in [0.2, 0.25) is 0 Å². The fourth-order valence-electron chi connectivity index (χ4n) is 3.49. The lowest BCUT2D eigenvalue weighted by Gasteiger charge is -2.21. The van der Waals surface area contributed by atoms with Crippen LogP contribution < -0.4 is 9.30 Å². The maximum atomic E-state index is 10.7. The van der Waals surface area contributed by atoms with Crippen molar-refractivity contribution in [3.8, 4) is 28.5 Å². The average Bonchev–Trinajstić information content (AvgIpc) is 3.09. The predicted octanol–water partition coefficient (Wildman–Crippen LogP) is 4.03. The molecule has 0 aliphatic carbocycles. The van der Waals surface area contributed by atoms with Crippen LogP contribution in [0, 0.1) is 0 Å². The molecule has 0 radical (unpaired) electrons. The molecule has 0 saturated carbocycles. The van der Waals surface area contributed by atoms with Gasteiger partial charge in [0.15, 0.2) is 11.2 Å². The van der Waals surface area contributed by atoms with Gasteiger partial charge in [0.25, 0.3) is 5.82 Å². The van der Waals surface area contributed by atoms with E-state index < -0.39 is 0 Å². The van der Waals surface area contributed by atoms with Crippen LogP contribution in [0.1, 0.15) is 13.8 Å². The predicted molar refractivity (Wildman–Crippen MR) is 108 cm³/mol. The number of pyridine rings is 2. The van der Waals surface area contributed by atoms with Crippen molar-refractivity contribution in [2.24, 2.45) is 0 Å². The standard InChI is InChI=1S/C22H22N4O/c1-3-25(4-2)16-11-12-17(20(27)15-16)22-24-21(18-9-5-7-13-23-18)19-10-6-8-14-26(19)22/h5-15H,3-4H2,1-2H3,(H,24,27)/p+1. The van der Waals surface area contributed by atoms with E-state index in [-0.39, 0.29) is 5.75 Å². The van der Waals surface area contributed by atoms with Crippen molar-refractivity contribution in [3.05, 3.63) is 67.0 Å². The quantitative estimate of drug-likeness (QED) is 0.529. The van der Waals surface area contributed by atoms with E-state index in [9.17, 15) is 5.11 Å². The summed E-state index contributed by atoms with van der Waals surface area (Å²) in [6.07, 6.45) is 3.77. The van der Waals surface area contributed by atoms with Crippen LogP contribution in [0.15, 0.2) is 67.0 Å². The lowest BCUT2D eigenvalue weighted by atomic mass is 10.1. The minimum absolute atomic E-state index is 0.256. The van der Waals surface area contributed by atoms with Crippen LogP contribution in [-0.2, 0) is 0 Å². The second kappa shape index (κ2) is 7.11. The SMILES string of the molecule is CCN(CC)c1ccc(-c2[nH]c(-c3ccccn3)c3cccc[n+]23)c(O)c1. The zero-order valence-corrected chi connectivity index (χ0v) is 15.6. The largest absolute Gasteiger partial charge is 0.507 e. The molecule has 0 fully saturated rings. The van der Waals surface area contributed by atoms with E-state index in [1.807, 2.05) is 54.7 Å². The molecule has 0 unspecified atom stereocenters. The molecule has 1 aromatic carbocycles. The Morgan fingerprint density at radius 1 is 1.04 bits per heavy atom. The summed E-state index contributed by atoms with van der Waals surface area (Å²) in [6, 6.07) is 17.7. The van der Waals surface area contributed by atoms with Crippen molar-refractivity contribution in [1.29, 1.82) is 0 Å². The highest BCUT2D eigenvalue weighted by Crippen LogP contribution is 2.32. The molecule has 136 valence electrons. The Labute approximate surface area is 158 Å². The number of hydrogen-bond donors (Lipinski definition) is 2. The Balaban J connectivity index is 1.88. The minimum Gasteiger partial charge on any atom is -0.507 e. The highest BCUT2D eigenvalue weighted by molar-refractivity contribution is 5.76. The number of aromatic nitrogens is 3. The first-order valence-electron chi connectivity index (χ1n) is 9.25. The van der Waals surface area contributed by atoms with Gasteiger partial charge in [-0.1, -0.05) is 12.1 Å². The van der Waals surface area contributed by atoms with Crippen molar-refractivity contribution in [2.45, 2.75) is 13.8 Å². The second-order valence-electron chi connectivity index (χ2n) is 6.39. The van der Waals surface area contributed by atoms with Crippen molar-refractivity contribution >= 4 is 11.2 Å². The molecule has 0 atom stereocenters. The molecule has 0 aliphatic heterocycles. The summed E-state index contributed by atoms with van der Waals surface area (Å²) in [5.41, 5.74) is 4.59. The Kier molecular flexibility index (Phi) is 4.50. The van der Waals surface area contributed by atoms with Crippen LogP contribution >= 0.6 is 0 Å². The number of phenols is 1. The van der Waals surface area contributed by atoms with Crippen molar-refractivity contribution < 1.29 is 9.51 Å². The smallest absolute Gasteiger partial charge is 0.296 e. The van der Waals surface area contributed by atoms with Gasteiger partial charge in [-0.15, -0.1) is 0 Å². The van der Waals surface area contributed by atoms with Crippen LogP contribution in [0.5, 0.6) is 5.75 Å². The zero-order chi connectivity index (χ0) is 18.8. The number of fused-ring (bicyclic) bond motifs is 1. The van der Waals surface area contributed by atoms with E-state index in [1.54, 1.807) is 6.20 Å². The fraction of sp³-hybridized carbons (Fsp3) is 0.182. The third-order valence-corrected chi connectivity index (χ3v) is 4.89. The summed E-state index contributed by atoms with van der Waals surface area (Å²) in [5.74, 6) is 1.08. The van der Waals surface area contributed by atoms with Crippen LogP contribution in [0.3, 0.4) is 0 Å². The molecule has 0 bridgehead atoms. The van der Waals surface area contributed by atoms with Gasteiger partial charge in [0.2, 0.25) is 0 Å². The molecule has 5 nitrogen and oxygen atoms in total. The lowest BCUT2D eigenvalue weighted by Crippen LogP contribution is -2.22. The van der Waals surface area contributed by atoms with E-state index in [0.29, 0.717) is 0 Å². The third kappa shape index (κ3) is 3.01. The molecular formula is C22H23N4O+. The van der Waals surface area contributed by atoms with E-state index in [1.165, 1.54) is 0 Å². The summed E-state index contributed by atoms with van der Waals surface area (Å²) in [4.78, 5) is 10.2. The highest BCUT2D eigenvalue weighted by atomic mass is 16.3. The molecule has 0 amide bonds. The third-order valence-electron chi connectivity index (χ3n) is 4.89. The average molecular weight is 359 g/mol. The number of imidazole rings is 1. The van der Waals surface area contributed by atoms with Crippen LogP contribution in [-0.4, -0.2) is 28.2 Å². The van der Waals surface area contributed by atoms with Gasteiger partial charge in [-0.05, 0) is 50.2 Å². The second-order valence-corrected chi connectivity index (χ2v) is 6.39. The highest BCUT2D eigenvalue weighted by Gasteiger charge is 2.24. The molecule has 4 rings (SSSR count). The number of phenolic OH excluding ortho intramolecular Hbond substituents is 1. The van der Waals surface area contributed by atoms with Gasteiger partial charge in [0.05, 0.1) is 6.20 Å². The molecule has 3 heterocycles. The van der Waals surface area contributed by atoms with Crippen molar-refractivity contribution in [1.82, 2.24) is 9.97 Å². The van der Waals surface area contributed by atoms with Gasteiger partial charge in [0, 0.05) is 31.0 Å². The van der Waals surface area contributed by atoms with Crippen LogP contribution in [0.4, 0.5) is 5.69 Å². The monoisotopic (exact) mass is 359 g/mol. The molecule has 5 heteroatoms. The van der Waals surface area contributed by atoms with Gasteiger partial charge >= 0.3 is 0 Å². The first-order valence-corrected chi connectivity index (χ1v) is 9.25. The van der Waals surface area contributed by atoms with E-state index in [2.05, 4.69) is 39.2 Å². The molecule has 2 N–H and O–H groups in total. The number of anilines is 1. The normalized spacial score (nSPS) is 11.0. The first kappa shape index (κ1) is 17.1. The Morgan fingerprint density at radius 2 is 1.85 bits per heavy atom. The maximum Gasteiger partial charge on any atom is 0.296 e.